The van der Waals surface area contributed by atoms with Crippen LogP contribution in [-0.2, 0) is 4.74 Å². The molecule has 2 unspecified atom stereocenters. The van der Waals surface area contributed by atoms with E-state index in [9.17, 15) is 4.79 Å². The lowest BCUT2D eigenvalue weighted by Gasteiger charge is -2.33. The van der Waals surface area contributed by atoms with E-state index < -0.39 is 0 Å². The minimum Gasteiger partial charge on any atom is -0.490 e. The number of rotatable bonds is 8. The highest BCUT2D eigenvalue weighted by atomic mass is 16.5. The molecule has 0 aromatic heterocycles. The Morgan fingerprint density at radius 2 is 2.15 bits per heavy atom. The Morgan fingerprint density at radius 1 is 1.27 bits per heavy atom. The molecule has 0 radical (unpaired) electrons. The summed E-state index contributed by atoms with van der Waals surface area (Å²) in [6.45, 7) is 6.57. The molecule has 1 aromatic rings. The number of nitrogens with zero attached hydrogens (tertiary/aromatic N) is 1. The second-order valence-electron chi connectivity index (χ2n) is 7.43. The third-order valence-electron chi connectivity index (χ3n) is 5.43. The van der Waals surface area contributed by atoms with Crippen molar-refractivity contribution in [1.29, 1.82) is 0 Å². The molecule has 1 aromatic carbocycles. The van der Waals surface area contributed by atoms with Gasteiger partial charge in [-0.15, -0.1) is 0 Å². The lowest BCUT2D eigenvalue weighted by Crippen LogP contribution is -2.39. The molecule has 5 nitrogen and oxygen atoms in total. The number of nitrogens with one attached hydrogen (secondary N) is 1. The average molecular weight is 360 g/mol. The summed E-state index contributed by atoms with van der Waals surface area (Å²) in [4.78, 5) is 15.1. The molecule has 2 aliphatic heterocycles. The minimum absolute atomic E-state index is 0.0559. The minimum atomic E-state index is -0.0559. The Bertz CT molecular complexity index is 572. The molecule has 5 heteroatoms. The number of para-hydroxylation sites is 1. The van der Waals surface area contributed by atoms with Crippen molar-refractivity contribution in [3.63, 3.8) is 0 Å². The van der Waals surface area contributed by atoms with Crippen molar-refractivity contribution in [3.05, 3.63) is 29.8 Å². The number of hydrogen-bond acceptors (Lipinski definition) is 4. The van der Waals surface area contributed by atoms with Gasteiger partial charge in [-0.2, -0.15) is 0 Å². The first-order chi connectivity index (χ1) is 12.7. The quantitative estimate of drug-likeness (QED) is 0.723. The second kappa shape index (κ2) is 9.93. The molecule has 0 spiro atoms. The highest BCUT2D eigenvalue weighted by Crippen LogP contribution is 2.20. The molecule has 3 rings (SSSR count). The monoisotopic (exact) mass is 360 g/mol. The van der Waals surface area contributed by atoms with Gasteiger partial charge in [-0.25, -0.2) is 0 Å². The molecule has 144 valence electrons. The zero-order valence-electron chi connectivity index (χ0n) is 15.9. The Morgan fingerprint density at radius 3 is 2.96 bits per heavy atom. The molecule has 2 aliphatic rings. The Labute approximate surface area is 157 Å². The van der Waals surface area contributed by atoms with Crippen LogP contribution in [0.25, 0.3) is 0 Å². The fourth-order valence-electron chi connectivity index (χ4n) is 3.81. The van der Waals surface area contributed by atoms with Crippen molar-refractivity contribution in [2.24, 2.45) is 0 Å². The van der Waals surface area contributed by atoms with Crippen molar-refractivity contribution < 1.29 is 14.3 Å². The van der Waals surface area contributed by atoms with Gasteiger partial charge < -0.3 is 19.7 Å². The molecule has 2 atom stereocenters. The lowest BCUT2D eigenvalue weighted by atomic mass is 10.0. The van der Waals surface area contributed by atoms with Gasteiger partial charge in [0.2, 0.25) is 0 Å². The summed E-state index contributed by atoms with van der Waals surface area (Å²) in [5, 5.41) is 3.04. The maximum atomic E-state index is 12.5. The van der Waals surface area contributed by atoms with Gasteiger partial charge in [0.05, 0.1) is 11.7 Å². The van der Waals surface area contributed by atoms with Crippen LogP contribution in [0.4, 0.5) is 0 Å². The lowest BCUT2D eigenvalue weighted by molar-refractivity contribution is 0.0670. The molecule has 0 aliphatic carbocycles. The number of ether oxygens (including phenoxy) is 2. The van der Waals surface area contributed by atoms with Gasteiger partial charge >= 0.3 is 0 Å². The van der Waals surface area contributed by atoms with E-state index in [0.717, 1.165) is 32.4 Å². The fourth-order valence-corrected chi connectivity index (χ4v) is 3.81. The van der Waals surface area contributed by atoms with Crippen molar-refractivity contribution in [3.8, 4) is 5.75 Å². The standard InChI is InChI=1S/C21H32N2O3/c1-17-8-4-5-13-23(17)14-7-12-22-21(24)19-10-2-3-11-20(19)26-16-18-9-6-15-25-18/h2-3,10-11,17-18H,4-9,12-16H2,1H3,(H,22,24). The average Bonchev–Trinajstić information content (AvgIpc) is 3.18. The van der Waals surface area contributed by atoms with E-state index in [2.05, 4.69) is 17.1 Å². The number of amides is 1. The van der Waals surface area contributed by atoms with Gasteiger partial charge in [-0.05, 0) is 57.7 Å². The van der Waals surface area contributed by atoms with Crippen LogP contribution in [0.2, 0.25) is 0 Å². The van der Waals surface area contributed by atoms with Gasteiger partial charge in [-0.3, -0.25) is 4.79 Å². The Kier molecular flexibility index (Phi) is 7.32. The van der Waals surface area contributed by atoms with Gasteiger partial charge in [0.25, 0.3) is 5.91 Å². The van der Waals surface area contributed by atoms with Crippen LogP contribution in [0.5, 0.6) is 5.75 Å². The fraction of sp³-hybridized carbons (Fsp3) is 0.667. The van der Waals surface area contributed by atoms with E-state index in [1.54, 1.807) is 0 Å². The van der Waals surface area contributed by atoms with Crippen molar-refractivity contribution in [1.82, 2.24) is 10.2 Å². The molecule has 2 saturated heterocycles. The number of piperidine rings is 1. The first-order valence-corrected chi connectivity index (χ1v) is 10.1. The maximum Gasteiger partial charge on any atom is 0.255 e. The van der Waals surface area contributed by atoms with Crippen LogP contribution >= 0.6 is 0 Å². The van der Waals surface area contributed by atoms with Crippen LogP contribution in [0.3, 0.4) is 0 Å². The van der Waals surface area contributed by atoms with E-state index in [0.29, 0.717) is 30.5 Å². The molecule has 1 amide bonds. The maximum absolute atomic E-state index is 12.5. The van der Waals surface area contributed by atoms with E-state index in [-0.39, 0.29) is 12.0 Å². The summed E-state index contributed by atoms with van der Waals surface area (Å²) in [6, 6.07) is 8.14. The third-order valence-corrected chi connectivity index (χ3v) is 5.43. The van der Waals surface area contributed by atoms with E-state index >= 15 is 0 Å². The Balaban J connectivity index is 1.43. The molecule has 0 saturated carbocycles. The van der Waals surface area contributed by atoms with E-state index in [1.165, 1.54) is 25.8 Å². The molecule has 0 bridgehead atoms. The van der Waals surface area contributed by atoms with Crippen LogP contribution in [0.15, 0.2) is 24.3 Å². The smallest absolute Gasteiger partial charge is 0.255 e. The summed E-state index contributed by atoms with van der Waals surface area (Å²) in [6.07, 6.45) is 7.19. The van der Waals surface area contributed by atoms with Gasteiger partial charge in [-0.1, -0.05) is 18.6 Å². The van der Waals surface area contributed by atoms with E-state index in [1.807, 2.05) is 24.3 Å². The predicted molar refractivity (Wildman–Crippen MR) is 103 cm³/mol. The van der Waals surface area contributed by atoms with Gasteiger partial charge in [0.15, 0.2) is 0 Å². The summed E-state index contributed by atoms with van der Waals surface area (Å²) in [7, 11) is 0. The molecule has 1 N–H and O–H groups in total. The number of benzene rings is 1. The molecule has 2 heterocycles. The highest BCUT2D eigenvalue weighted by molar-refractivity contribution is 5.96. The molecular weight excluding hydrogens is 328 g/mol. The van der Waals surface area contributed by atoms with Crippen LogP contribution < -0.4 is 10.1 Å². The summed E-state index contributed by atoms with van der Waals surface area (Å²) < 4.78 is 11.5. The number of carbonyl (C=O) groups is 1. The largest absolute Gasteiger partial charge is 0.490 e. The predicted octanol–water partition coefficient (Wildman–Crippen LogP) is 3.24. The third kappa shape index (κ3) is 5.45. The zero-order chi connectivity index (χ0) is 18.2. The summed E-state index contributed by atoms with van der Waals surface area (Å²) in [5.74, 6) is 0.588. The highest BCUT2D eigenvalue weighted by Gasteiger charge is 2.19. The number of hydrogen-bond donors (Lipinski definition) is 1. The number of likely N-dealkylation sites (tertiary alicyclic amines) is 1. The zero-order valence-corrected chi connectivity index (χ0v) is 15.9. The van der Waals surface area contributed by atoms with Gasteiger partial charge in [0, 0.05) is 25.7 Å². The number of carbonyl (C=O) groups excluding carboxylic acids is 1. The van der Waals surface area contributed by atoms with Crippen LogP contribution in [0.1, 0.15) is 55.8 Å². The summed E-state index contributed by atoms with van der Waals surface area (Å²) >= 11 is 0. The Hall–Kier alpha value is -1.59. The van der Waals surface area contributed by atoms with Crippen LogP contribution in [-0.4, -0.2) is 55.8 Å². The summed E-state index contributed by atoms with van der Waals surface area (Å²) in [5.41, 5.74) is 0.608. The van der Waals surface area contributed by atoms with Crippen molar-refractivity contribution in [2.45, 2.75) is 57.6 Å². The topological polar surface area (TPSA) is 50.8 Å². The molecular formula is C21H32N2O3. The van der Waals surface area contributed by atoms with Crippen molar-refractivity contribution >= 4 is 5.91 Å². The van der Waals surface area contributed by atoms with Crippen LogP contribution in [0, 0.1) is 0 Å². The van der Waals surface area contributed by atoms with Gasteiger partial charge in [0.1, 0.15) is 12.4 Å². The SMILES string of the molecule is CC1CCCCN1CCCNC(=O)c1ccccc1OCC1CCCO1. The second-order valence-corrected chi connectivity index (χ2v) is 7.43. The van der Waals surface area contributed by atoms with E-state index in [4.69, 9.17) is 9.47 Å². The molecule has 2 fully saturated rings. The first-order valence-electron chi connectivity index (χ1n) is 10.1. The van der Waals surface area contributed by atoms with Crippen molar-refractivity contribution in [2.75, 3.05) is 32.8 Å². The first kappa shape index (κ1) is 19.2. The molecule has 26 heavy (non-hydrogen) atoms. The normalized spacial score (nSPS) is 23.7.